The van der Waals surface area contributed by atoms with Crippen LogP contribution >= 0.6 is 23.8 Å². The molecule has 8 heteroatoms. The molecular weight excluding hydrogens is 490 g/mol. The van der Waals surface area contributed by atoms with Crippen LogP contribution in [0.15, 0.2) is 60.9 Å². The van der Waals surface area contributed by atoms with E-state index in [1.54, 1.807) is 0 Å². The van der Waals surface area contributed by atoms with Gasteiger partial charge in [-0.1, -0.05) is 50.8 Å². The highest BCUT2D eigenvalue weighted by Gasteiger charge is 2.42. The molecule has 3 heterocycles. The zero-order chi connectivity index (χ0) is 25.2. The van der Waals surface area contributed by atoms with Crippen LogP contribution in [0.3, 0.4) is 0 Å². The minimum absolute atomic E-state index is 0.0681. The van der Waals surface area contributed by atoms with Gasteiger partial charge in [-0.3, -0.25) is 9.78 Å². The van der Waals surface area contributed by atoms with Gasteiger partial charge in [-0.25, -0.2) is 0 Å². The van der Waals surface area contributed by atoms with Gasteiger partial charge >= 0.3 is 0 Å². The number of nitrogens with zero attached hydrogens (tertiary/aromatic N) is 3. The summed E-state index contributed by atoms with van der Waals surface area (Å²) in [5, 5.41) is 7.55. The summed E-state index contributed by atoms with van der Waals surface area (Å²) in [7, 11) is 0. The van der Waals surface area contributed by atoms with Gasteiger partial charge in [-0.2, -0.15) is 0 Å². The van der Waals surface area contributed by atoms with Gasteiger partial charge in [0.05, 0.1) is 22.4 Å². The summed E-state index contributed by atoms with van der Waals surface area (Å²) in [5.74, 6) is -0.200. The predicted molar refractivity (Wildman–Crippen MR) is 149 cm³/mol. The molecule has 1 saturated carbocycles. The van der Waals surface area contributed by atoms with Gasteiger partial charge in [-0.15, -0.1) is 0 Å². The molecule has 1 aliphatic carbocycles. The van der Waals surface area contributed by atoms with Crippen molar-refractivity contribution in [2.75, 3.05) is 10.2 Å². The number of hydrogen-bond donors (Lipinski definition) is 2. The lowest BCUT2D eigenvalue weighted by Gasteiger charge is -2.32. The third-order valence-electron chi connectivity index (χ3n) is 7.19. The van der Waals surface area contributed by atoms with E-state index in [1.165, 1.54) is 37.8 Å². The molecule has 2 fully saturated rings. The van der Waals surface area contributed by atoms with E-state index in [2.05, 4.69) is 43.4 Å². The van der Waals surface area contributed by atoms with Crippen LogP contribution in [-0.4, -0.2) is 20.6 Å². The number of amides is 1. The maximum absolute atomic E-state index is 12.2. The summed E-state index contributed by atoms with van der Waals surface area (Å²) < 4.78 is 2.45. The largest absolute Gasteiger partial charge is 0.351 e. The van der Waals surface area contributed by atoms with Crippen molar-refractivity contribution in [1.29, 1.82) is 0 Å². The molecule has 5 rings (SSSR count). The molecule has 6 nitrogen and oxygen atoms in total. The van der Waals surface area contributed by atoms with E-state index in [1.807, 2.05) is 56.4 Å². The Bertz CT molecular complexity index is 1240. The highest BCUT2D eigenvalue weighted by molar-refractivity contribution is 7.80. The second kappa shape index (κ2) is 10.6. The predicted octanol–water partition coefficient (Wildman–Crippen LogP) is 6.81. The second-order valence-corrected chi connectivity index (χ2v) is 10.7. The van der Waals surface area contributed by atoms with Crippen LogP contribution in [-0.2, 0) is 4.79 Å². The first-order chi connectivity index (χ1) is 17.4. The Labute approximate surface area is 223 Å². The van der Waals surface area contributed by atoms with E-state index in [0.717, 1.165) is 11.4 Å². The number of halogens is 1. The maximum Gasteiger partial charge on any atom is 0.226 e. The number of pyridine rings is 1. The molecule has 1 saturated heterocycles. The van der Waals surface area contributed by atoms with Crippen molar-refractivity contribution in [3.05, 3.63) is 77.3 Å². The molecule has 3 aromatic rings. The first kappa shape index (κ1) is 24.8. The standard InChI is InChI=1S/C28H32ClN5OS/c1-18(2)27(35)31-22-14-13-20(17-21(22)29)34-26(25(32-28(34)36)23-11-6-7-15-30-23)24-12-8-16-33(24)19-9-4-3-5-10-19/h6-8,11-19,25-26H,3-5,9-10H2,1-2H3,(H,31,35)(H,32,36)/t25-,26-/m0/s1. The van der Waals surface area contributed by atoms with Crippen molar-refractivity contribution >= 4 is 46.2 Å². The quantitative estimate of drug-likeness (QED) is 0.349. The highest BCUT2D eigenvalue weighted by atomic mass is 35.5. The molecule has 0 bridgehead atoms. The van der Waals surface area contributed by atoms with E-state index in [-0.39, 0.29) is 23.9 Å². The van der Waals surface area contributed by atoms with Crippen LogP contribution in [0.25, 0.3) is 0 Å². The molecule has 0 radical (unpaired) electrons. The van der Waals surface area contributed by atoms with Crippen LogP contribution in [0.1, 0.15) is 75.5 Å². The third kappa shape index (κ3) is 4.87. The molecule has 188 valence electrons. The summed E-state index contributed by atoms with van der Waals surface area (Å²) in [5.41, 5.74) is 3.62. The zero-order valence-electron chi connectivity index (χ0n) is 20.7. The molecule has 0 unspecified atom stereocenters. The van der Waals surface area contributed by atoms with E-state index >= 15 is 0 Å². The number of thiocarbonyl (C=S) groups is 1. The minimum atomic E-state index is -0.132. The fourth-order valence-corrected chi connectivity index (χ4v) is 5.88. The molecule has 1 aliphatic heterocycles. The fraction of sp³-hybridized carbons (Fsp3) is 0.393. The summed E-state index contributed by atoms with van der Waals surface area (Å²) in [6.45, 7) is 3.71. The Kier molecular flexibility index (Phi) is 7.30. The van der Waals surface area contributed by atoms with Crippen molar-refractivity contribution in [2.24, 2.45) is 5.92 Å². The van der Waals surface area contributed by atoms with Crippen molar-refractivity contribution in [1.82, 2.24) is 14.9 Å². The van der Waals surface area contributed by atoms with Crippen LogP contribution in [0.4, 0.5) is 11.4 Å². The van der Waals surface area contributed by atoms with Crippen molar-refractivity contribution in [3.8, 4) is 0 Å². The number of hydrogen-bond acceptors (Lipinski definition) is 3. The normalized spacial score (nSPS) is 20.6. The van der Waals surface area contributed by atoms with Crippen LogP contribution in [0.5, 0.6) is 0 Å². The Morgan fingerprint density at radius 2 is 1.94 bits per heavy atom. The lowest BCUT2D eigenvalue weighted by molar-refractivity contribution is -0.118. The van der Waals surface area contributed by atoms with E-state index in [4.69, 9.17) is 23.8 Å². The summed E-state index contributed by atoms with van der Waals surface area (Å²) in [6.07, 6.45) is 10.2. The van der Waals surface area contributed by atoms with Gasteiger partial charge in [-0.05, 0) is 67.5 Å². The third-order valence-corrected chi connectivity index (χ3v) is 7.82. The smallest absolute Gasteiger partial charge is 0.226 e. The van der Waals surface area contributed by atoms with E-state index in [0.29, 0.717) is 21.9 Å². The van der Waals surface area contributed by atoms with Gasteiger partial charge in [0.2, 0.25) is 5.91 Å². The Morgan fingerprint density at radius 3 is 2.64 bits per heavy atom. The number of benzene rings is 1. The Balaban J connectivity index is 1.55. The summed E-state index contributed by atoms with van der Waals surface area (Å²) in [6, 6.07) is 16.3. The van der Waals surface area contributed by atoms with Crippen LogP contribution < -0.4 is 15.5 Å². The summed E-state index contributed by atoms with van der Waals surface area (Å²) in [4.78, 5) is 19.0. The molecule has 1 aromatic carbocycles. The molecule has 1 amide bonds. The number of aromatic nitrogens is 2. The van der Waals surface area contributed by atoms with Gasteiger partial charge in [0, 0.05) is 35.7 Å². The number of rotatable bonds is 6. The zero-order valence-corrected chi connectivity index (χ0v) is 22.2. The topological polar surface area (TPSA) is 62.2 Å². The number of carbonyl (C=O) groups excluding carboxylic acids is 1. The van der Waals surface area contributed by atoms with Gasteiger partial charge in [0.15, 0.2) is 5.11 Å². The Hall–Kier alpha value is -2.90. The fourth-order valence-electron chi connectivity index (χ4n) is 5.32. The van der Waals surface area contributed by atoms with E-state index < -0.39 is 0 Å². The first-order valence-electron chi connectivity index (χ1n) is 12.7. The van der Waals surface area contributed by atoms with Crippen molar-refractivity contribution < 1.29 is 4.79 Å². The first-order valence-corrected chi connectivity index (χ1v) is 13.5. The Morgan fingerprint density at radius 1 is 1.14 bits per heavy atom. The van der Waals surface area contributed by atoms with Gasteiger partial charge < -0.3 is 20.1 Å². The van der Waals surface area contributed by atoms with Gasteiger partial charge in [0.1, 0.15) is 6.04 Å². The lowest BCUT2D eigenvalue weighted by atomic mass is 9.94. The summed E-state index contributed by atoms with van der Waals surface area (Å²) >= 11 is 12.6. The second-order valence-electron chi connectivity index (χ2n) is 9.94. The lowest BCUT2D eigenvalue weighted by Crippen LogP contribution is -2.31. The highest BCUT2D eigenvalue weighted by Crippen LogP contribution is 2.44. The molecule has 0 spiro atoms. The number of nitrogens with one attached hydrogen (secondary N) is 2. The minimum Gasteiger partial charge on any atom is -0.351 e. The number of carbonyl (C=O) groups is 1. The number of anilines is 2. The molecule has 2 aliphatic rings. The van der Waals surface area contributed by atoms with Crippen LogP contribution in [0.2, 0.25) is 5.02 Å². The molecule has 36 heavy (non-hydrogen) atoms. The monoisotopic (exact) mass is 521 g/mol. The maximum atomic E-state index is 12.2. The molecule has 2 N–H and O–H groups in total. The molecule has 2 aromatic heterocycles. The van der Waals surface area contributed by atoms with Gasteiger partial charge in [0.25, 0.3) is 0 Å². The SMILES string of the molecule is CC(C)C(=O)Nc1ccc(N2C(=S)N[C@@H](c3ccccn3)[C@@H]2c2cccn2C2CCCCC2)cc1Cl. The van der Waals surface area contributed by atoms with E-state index in [9.17, 15) is 4.79 Å². The average Bonchev–Trinajstić information content (AvgIpc) is 3.50. The van der Waals surface area contributed by atoms with Crippen LogP contribution in [0, 0.1) is 5.92 Å². The molecular formula is C28H32ClN5OS. The van der Waals surface area contributed by atoms with Crippen molar-refractivity contribution in [2.45, 2.75) is 64.1 Å². The average molecular weight is 522 g/mol. The van der Waals surface area contributed by atoms with Crippen molar-refractivity contribution in [3.63, 3.8) is 0 Å². The molecule has 2 atom stereocenters.